The monoisotopic (exact) mass is 566 g/mol. The van der Waals surface area contributed by atoms with E-state index in [-0.39, 0.29) is 24.0 Å². The Morgan fingerprint density at radius 3 is 2.51 bits per heavy atom. The molecule has 9 heteroatoms. The van der Waals surface area contributed by atoms with Crippen molar-refractivity contribution in [3.8, 4) is 11.5 Å². The number of cyclic esters (lactones) is 1. The Kier molecular flexibility index (Phi) is 9.86. The van der Waals surface area contributed by atoms with Gasteiger partial charge in [-0.25, -0.2) is 9.59 Å². The zero-order valence-electron chi connectivity index (χ0n) is 24.3. The van der Waals surface area contributed by atoms with Crippen molar-refractivity contribution >= 4 is 18.0 Å². The Bertz CT molecular complexity index is 1270. The molecular weight excluding hydrogens is 528 g/mol. The molecular formula is C32H38O9. The van der Waals surface area contributed by atoms with E-state index in [9.17, 15) is 9.59 Å². The number of methoxy groups -OCH3 is 2. The molecule has 2 aromatic carbocycles. The molecule has 2 aliphatic heterocycles. The molecule has 1 fully saturated rings. The fraction of sp³-hybridized carbons (Fsp3) is 0.438. The van der Waals surface area contributed by atoms with Crippen LogP contribution in [0.15, 0.2) is 60.7 Å². The van der Waals surface area contributed by atoms with E-state index in [0.29, 0.717) is 23.3 Å². The number of carbonyl (C=O) groups is 2. The van der Waals surface area contributed by atoms with Crippen LogP contribution >= 0.6 is 0 Å². The minimum Gasteiger partial charge on any atom is -0.497 e. The van der Waals surface area contributed by atoms with E-state index < -0.39 is 42.1 Å². The molecule has 2 aliphatic rings. The van der Waals surface area contributed by atoms with Gasteiger partial charge in [0.1, 0.15) is 35.4 Å². The summed E-state index contributed by atoms with van der Waals surface area (Å²) in [5.41, 5.74) is 1.24. The average molecular weight is 567 g/mol. The van der Waals surface area contributed by atoms with Gasteiger partial charge in [0.15, 0.2) is 12.6 Å². The summed E-state index contributed by atoms with van der Waals surface area (Å²) in [7, 11) is 3.04. The van der Waals surface area contributed by atoms with E-state index in [1.165, 1.54) is 14.2 Å². The van der Waals surface area contributed by atoms with Gasteiger partial charge in [-0.1, -0.05) is 43.4 Å². The maximum absolute atomic E-state index is 13.5. The molecule has 9 nitrogen and oxygen atoms in total. The van der Waals surface area contributed by atoms with Gasteiger partial charge in [-0.3, -0.25) is 0 Å². The van der Waals surface area contributed by atoms with Crippen LogP contribution in [0.25, 0.3) is 6.08 Å². The van der Waals surface area contributed by atoms with Crippen LogP contribution in [0.1, 0.15) is 60.4 Å². The normalized spacial score (nSPS) is 25.8. The molecule has 0 aromatic heterocycles. The number of carbonyl (C=O) groups excluding carboxylic acids is 2. The van der Waals surface area contributed by atoms with Crippen LogP contribution in [0.4, 0.5) is 0 Å². The molecule has 0 saturated carbocycles. The molecule has 0 amide bonds. The summed E-state index contributed by atoms with van der Waals surface area (Å²) in [6.07, 6.45) is 5.44. The zero-order valence-corrected chi connectivity index (χ0v) is 24.3. The van der Waals surface area contributed by atoms with Gasteiger partial charge < -0.3 is 33.2 Å². The molecule has 5 atom stereocenters. The summed E-state index contributed by atoms with van der Waals surface area (Å²) in [6.45, 7) is 7.32. The van der Waals surface area contributed by atoms with Crippen molar-refractivity contribution in [3.05, 3.63) is 77.4 Å². The van der Waals surface area contributed by atoms with E-state index >= 15 is 0 Å². The molecule has 2 heterocycles. The zero-order chi connectivity index (χ0) is 29.6. The second-order valence-corrected chi connectivity index (χ2v) is 10.5. The Labute approximate surface area is 241 Å². The summed E-state index contributed by atoms with van der Waals surface area (Å²) in [5.74, 6) is -1.36. The number of fused-ring (bicyclic) bond motifs is 2. The molecule has 2 aromatic rings. The average Bonchev–Trinajstić information content (AvgIpc) is 3.27. The third-order valence-corrected chi connectivity index (χ3v) is 6.98. The van der Waals surface area contributed by atoms with Gasteiger partial charge in [0.05, 0.1) is 18.8 Å². The molecule has 0 bridgehead atoms. The summed E-state index contributed by atoms with van der Waals surface area (Å²) in [4.78, 5) is 26.6. The molecule has 4 rings (SSSR count). The van der Waals surface area contributed by atoms with E-state index in [0.717, 1.165) is 0 Å². The highest BCUT2D eigenvalue weighted by molar-refractivity contribution is 5.97. The molecule has 41 heavy (non-hydrogen) atoms. The number of rotatable bonds is 6. The lowest BCUT2D eigenvalue weighted by molar-refractivity contribution is -0.152. The molecule has 220 valence electrons. The first kappa shape index (κ1) is 30.3. The van der Waals surface area contributed by atoms with Crippen molar-refractivity contribution in [2.45, 2.75) is 64.3 Å². The lowest BCUT2D eigenvalue weighted by Crippen LogP contribution is -2.37. The topological polar surface area (TPSA) is 98.8 Å². The highest BCUT2D eigenvalue weighted by Gasteiger charge is 2.45. The highest BCUT2D eigenvalue weighted by Crippen LogP contribution is 2.36. The molecule has 0 aliphatic carbocycles. The van der Waals surface area contributed by atoms with Crippen molar-refractivity contribution in [3.63, 3.8) is 0 Å². The maximum Gasteiger partial charge on any atom is 0.342 e. The van der Waals surface area contributed by atoms with Crippen LogP contribution in [0, 0.1) is 5.92 Å². The lowest BCUT2D eigenvalue weighted by atomic mass is 9.98. The van der Waals surface area contributed by atoms with Crippen LogP contribution in [0.5, 0.6) is 11.5 Å². The first-order chi connectivity index (χ1) is 19.6. The third-order valence-electron chi connectivity index (χ3n) is 6.98. The van der Waals surface area contributed by atoms with Crippen LogP contribution < -0.4 is 9.47 Å². The van der Waals surface area contributed by atoms with Gasteiger partial charge in [-0.2, -0.15) is 0 Å². The maximum atomic E-state index is 13.5. The number of hydrogen-bond donors (Lipinski definition) is 0. The van der Waals surface area contributed by atoms with E-state index in [1.54, 1.807) is 55.5 Å². The SMILES string of the molecule is COCOc1cc(OC)cc2c1C(=O)O[C@@H](C)[C@H](C)C=CC(OC(=O)c1ccccc1)C1OC(C)(C)O[C@H]1CC=C2. The van der Waals surface area contributed by atoms with Crippen LogP contribution in [-0.2, 0) is 23.7 Å². The Balaban J connectivity index is 1.74. The summed E-state index contributed by atoms with van der Waals surface area (Å²) in [6, 6.07) is 12.2. The largest absolute Gasteiger partial charge is 0.497 e. The fourth-order valence-electron chi connectivity index (χ4n) is 4.73. The molecule has 0 spiro atoms. The molecule has 2 unspecified atom stereocenters. The number of esters is 2. The Morgan fingerprint density at radius 2 is 1.80 bits per heavy atom. The fourth-order valence-corrected chi connectivity index (χ4v) is 4.73. The van der Waals surface area contributed by atoms with Gasteiger partial charge in [0.25, 0.3) is 0 Å². The van der Waals surface area contributed by atoms with Crippen molar-refractivity contribution in [2.24, 2.45) is 5.92 Å². The first-order valence-corrected chi connectivity index (χ1v) is 13.6. The van der Waals surface area contributed by atoms with Crippen LogP contribution in [-0.4, -0.2) is 63.2 Å². The van der Waals surface area contributed by atoms with Crippen molar-refractivity contribution in [2.75, 3.05) is 21.0 Å². The smallest absolute Gasteiger partial charge is 0.342 e. The number of ether oxygens (including phenoxy) is 7. The predicted octanol–water partition coefficient (Wildman–Crippen LogP) is 5.58. The van der Waals surface area contributed by atoms with Gasteiger partial charge in [0.2, 0.25) is 0 Å². The minimum atomic E-state index is -0.900. The second-order valence-electron chi connectivity index (χ2n) is 10.5. The number of benzene rings is 2. The standard InChI is InChI=1S/C32H38O9/c1-20-15-16-25(39-30(33)22-11-8-7-9-12-22)29-26(40-32(3,4)41-29)14-10-13-23-17-24(36-6)18-27(37-19-35-5)28(23)31(34)38-21(20)2/h7-13,15-18,20-21,25-26,29H,14,19H2,1-6H3/t20-,21+,25?,26+,29?/m1/s1. The third kappa shape index (κ3) is 7.55. The Hall–Kier alpha value is -3.66. The highest BCUT2D eigenvalue weighted by atomic mass is 16.8. The second kappa shape index (κ2) is 13.3. The molecule has 1 saturated heterocycles. The number of hydrogen-bond acceptors (Lipinski definition) is 9. The van der Waals surface area contributed by atoms with Crippen LogP contribution in [0.3, 0.4) is 0 Å². The van der Waals surface area contributed by atoms with Crippen molar-refractivity contribution in [1.82, 2.24) is 0 Å². The van der Waals surface area contributed by atoms with Crippen molar-refractivity contribution < 1.29 is 42.7 Å². The first-order valence-electron chi connectivity index (χ1n) is 13.6. The molecule has 0 radical (unpaired) electrons. The Morgan fingerprint density at radius 1 is 1.05 bits per heavy atom. The quantitative estimate of drug-likeness (QED) is 0.252. The summed E-state index contributed by atoms with van der Waals surface area (Å²) >= 11 is 0. The minimum absolute atomic E-state index is 0.0571. The van der Waals surface area contributed by atoms with Gasteiger partial charge in [0, 0.05) is 19.1 Å². The van der Waals surface area contributed by atoms with Crippen LogP contribution in [0.2, 0.25) is 0 Å². The van der Waals surface area contributed by atoms with Gasteiger partial charge in [-0.05, 0) is 57.0 Å². The molecule has 0 N–H and O–H groups in total. The summed E-state index contributed by atoms with van der Waals surface area (Å²) in [5, 5.41) is 0. The summed E-state index contributed by atoms with van der Waals surface area (Å²) < 4.78 is 40.7. The van der Waals surface area contributed by atoms with Gasteiger partial charge in [-0.15, -0.1) is 0 Å². The van der Waals surface area contributed by atoms with Gasteiger partial charge >= 0.3 is 11.9 Å². The van der Waals surface area contributed by atoms with Crippen molar-refractivity contribution in [1.29, 1.82) is 0 Å². The lowest BCUT2D eigenvalue weighted by Gasteiger charge is -2.25. The van der Waals surface area contributed by atoms with E-state index in [1.807, 2.05) is 39.0 Å². The van der Waals surface area contributed by atoms with E-state index in [2.05, 4.69) is 0 Å². The predicted molar refractivity (Wildman–Crippen MR) is 152 cm³/mol. The van der Waals surface area contributed by atoms with E-state index in [4.69, 9.17) is 33.2 Å².